The van der Waals surface area contributed by atoms with Gasteiger partial charge in [0.2, 0.25) is 0 Å². The molecule has 2 aliphatic carbocycles. The summed E-state index contributed by atoms with van der Waals surface area (Å²) in [5.41, 5.74) is 0.977. The van der Waals surface area contributed by atoms with Gasteiger partial charge in [-0.1, -0.05) is 32.6 Å². The van der Waals surface area contributed by atoms with Crippen molar-refractivity contribution in [1.82, 2.24) is 9.78 Å². The molecule has 21 heavy (non-hydrogen) atoms. The zero-order valence-electron chi connectivity index (χ0n) is 13.3. The van der Waals surface area contributed by atoms with Crippen LogP contribution in [0, 0.1) is 11.8 Å². The summed E-state index contributed by atoms with van der Waals surface area (Å²) in [4.78, 5) is 12.4. The molecule has 3 nitrogen and oxygen atoms in total. The van der Waals surface area contributed by atoms with Crippen molar-refractivity contribution in [2.75, 3.05) is 0 Å². The first kappa shape index (κ1) is 14.8. The van der Waals surface area contributed by atoms with Crippen molar-refractivity contribution in [3.05, 3.63) is 18.0 Å². The molecule has 2 aliphatic rings. The van der Waals surface area contributed by atoms with Gasteiger partial charge < -0.3 is 0 Å². The number of hydrogen-bond acceptors (Lipinski definition) is 2. The number of rotatable bonds is 5. The quantitative estimate of drug-likeness (QED) is 0.808. The van der Waals surface area contributed by atoms with E-state index in [0.717, 1.165) is 24.5 Å². The third-order valence-corrected chi connectivity index (χ3v) is 5.54. The minimum atomic E-state index is 0.301. The largest absolute Gasteiger partial charge is 0.299 e. The van der Waals surface area contributed by atoms with E-state index in [9.17, 15) is 4.79 Å². The molecule has 0 saturated heterocycles. The fraction of sp³-hybridized carbons (Fsp3) is 0.778. The van der Waals surface area contributed by atoms with Crippen LogP contribution in [0.25, 0.3) is 0 Å². The molecule has 1 heterocycles. The van der Waals surface area contributed by atoms with Gasteiger partial charge in [-0.2, -0.15) is 5.10 Å². The molecular weight excluding hydrogens is 260 g/mol. The fourth-order valence-electron chi connectivity index (χ4n) is 4.08. The van der Waals surface area contributed by atoms with Gasteiger partial charge in [0.1, 0.15) is 5.78 Å². The minimum absolute atomic E-state index is 0.301. The van der Waals surface area contributed by atoms with Gasteiger partial charge in [-0.15, -0.1) is 0 Å². The Morgan fingerprint density at radius 1 is 1.24 bits per heavy atom. The summed E-state index contributed by atoms with van der Waals surface area (Å²) < 4.78 is 2.12. The van der Waals surface area contributed by atoms with Crippen molar-refractivity contribution in [2.45, 2.75) is 77.2 Å². The maximum Gasteiger partial charge on any atom is 0.141 e. The maximum atomic E-state index is 12.4. The predicted octanol–water partition coefficient (Wildman–Crippen LogP) is 4.33. The molecule has 0 radical (unpaired) electrons. The topological polar surface area (TPSA) is 34.9 Å². The lowest BCUT2D eigenvalue weighted by Gasteiger charge is -2.21. The molecule has 2 saturated carbocycles. The van der Waals surface area contributed by atoms with Crippen molar-refractivity contribution in [3.63, 3.8) is 0 Å². The van der Waals surface area contributed by atoms with Gasteiger partial charge in [0.05, 0.1) is 18.2 Å². The summed E-state index contributed by atoms with van der Waals surface area (Å²) in [6, 6.07) is 2.62. The highest BCUT2D eigenvalue weighted by Crippen LogP contribution is 2.34. The Bertz CT molecular complexity index is 473. The molecule has 0 N–H and O–H groups in total. The molecule has 0 amide bonds. The third kappa shape index (κ3) is 3.56. The lowest BCUT2D eigenvalue weighted by Crippen LogP contribution is -2.16. The van der Waals surface area contributed by atoms with E-state index in [4.69, 9.17) is 0 Å². The molecule has 0 bridgehead atoms. The Hall–Kier alpha value is -1.12. The van der Waals surface area contributed by atoms with E-state index in [1.165, 1.54) is 44.9 Å². The van der Waals surface area contributed by atoms with E-state index in [1.54, 1.807) is 0 Å². The number of aromatic nitrogens is 2. The van der Waals surface area contributed by atoms with Gasteiger partial charge in [0.25, 0.3) is 0 Å². The number of hydrogen-bond donors (Lipinski definition) is 0. The van der Waals surface area contributed by atoms with Gasteiger partial charge in [0, 0.05) is 12.1 Å². The van der Waals surface area contributed by atoms with E-state index >= 15 is 0 Å². The van der Waals surface area contributed by atoms with Crippen molar-refractivity contribution in [2.24, 2.45) is 11.8 Å². The Kier molecular flexibility index (Phi) is 4.77. The number of carbonyl (C=O) groups is 1. The lowest BCUT2D eigenvalue weighted by molar-refractivity contribution is -0.122. The van der Waals surface area contributed by atoms with E-state index < -0.39 is 0 Å². The molecule has 2 fully saturated rings. The van der Waals surface area contributed by atoms with Gasteiger partial charge in [0.15, 0.2) is 0 Å². The zero-order chi connectivity index (χ0) is 14.7. The van der Waals surface area contributed by atoms with Crippen molar-refractivity contribution in [3.8, 4) is 0 Å². The van der Waals surface area contributed by atoms with E-state index in [2.05, 4.69) is 29.0 Å². The van der Waals surface area contributed by atoms with Crippen LogP contribution in [-0.4, -0.2) is 15.6 Å². The molecule has 2 atom stereocenters. The Morgan fingerprint density at radius 2 is 2.05 bits per heavy atom. The number of nitrogens with zero attached hydrogens (tertiary/aromatic N) is 2. The van der Waals surface area contributed by atoms with Gasteiger partial charge >= 0.3 is 0 Å². The molecule has 0 aliphatic heterocycles. The van der Waals surface area contributed by atoms with Crippen LogP contribution in [0.1, 0.15) is 76.4 Å². The van der Waals surface area contributed by atoms with Crippen LogP contribution in [0.15, 0.2) is 12.3 Å². The first-order valence-corrected chi connectivity index (χ1v) is 8.83. The van der Waals surface area contributed by atoms with Crippen LogP contribution in [0.3, 0.4) is 0 Å². The molecule has 1 aromatic heterocycles. The van der Waals surface area contributed by atoms with Gasteiger partial charge in [-0.05, 0) is 44.1 Å². The Balaban J connectivity index is 1.55. The Morgan fingerprint density at radius 3 is 2.76 bits per heavy atom. The third-order valence-electron chi connectivity index (χ3n) is 5.54. The summed E-state index contributed by atoms with van der Waals surface area (Å²) in [7, 11) is 0. The van der Waals surface area contributed by atoms with Gasteiger partial charge in [-0.25, -0.2) is 0 Å². The summed E-state index contributed by atoms with van der Waals surface area (Å²) in [6.07, 6.45) is 13.8. The normalized spacial score (nSPS) is 27.1. The number of Topliss-reactive ketones (excluding diaryl/α,β-unsaturated/α-hetero) is 1. The maximum absolute atomic E-state index is 12.4. The minimum Gasteiger partial charge on any atom is -0.299 e. The summed E-state index contributed by atoms with van der Waals surface area (Å²) in [6.45, 7) is 2.24. The highest BCUT2D eigenvalue weighted by Gasteiger charge is 2.29. The number of carbonyl (C=O) groups excluding carboxylic acids is 1. The van der Waals surface area contributed by atoms with Crippen LogP contribution in [-0.2, 0) is 11.2 Å². The smallest absolute Gasteiger partial charge is 0.141 e. The second kappa shape index (κ2) is 6.76. The first-order valence-electron chi connectivity index (χ1n) is 8.83. The zero-order valence-corrected chi connectivity index (χ0v) is 13.3. The molecule has 0 aromatic carbocycles. The molecule has 1 aromatic rings. The van der Waals surface area contributed by atoms with E-state index in [-0.39, 0.29) is 0 Å². The Labute approximate surface area is 128 Å². The lowest BCUT2D eigenvalue weighted by atomic mass is 9.96. The molecule has 116 valence electrons. The summed E-state index contributed by atoms with van der Waals surface area (Å²) in [5, 5.41) is 4.68. The van der Waals surface area contributed by atoms with Crippen LogP contribution in [0.5, 0.6) is 0 Å². The van der Waals surface area contributed by atoms with Crippen LogP contribution in [0.4, 0.5) is 0 Å². The van der Waals surface area contributed by atoms with Crippen LogP contribution >= 0.6 is 0 Å². The highest BCUT2D eigenvalue weighted by molar-refractivity contribution is 5.83. The molecule has 0 spiro atoms. The molecule has 3 heteroatoms. The molecular formula is C18H28N2O. The predicted molar refractivity (Wildman–Crippen MR) is 84.2 cm³/mol. The fourth-order valence-corrected chi connectivity index (χ4v) is 4.08. The standard InChI is InChI=1S/C18H28N2O/c1-2-14-8-9-15(12-14)18(21)13-16-10-11-20(19-16)17-6-4-3-5-7-17/h10-11,14-15,17H,2-9,12-13H2,1H3. The van der Waals surface area contributed by atoms with E-state index in [1.807, 2.05) is 0 Å². The second-order valence-electron chi connectivity index (χ2n) is 7.01. The monoisotopic (exact) mass is 288 g/mol. The summed E-state index contributed by atoms with van der Waals surface area (Å²) >= 11 is 0. The first-order chi connectivity index (χ1) is 10.3. The number of ketones is 1. The SMILES string of the molecule is CCC1CCC(C(=O)Cc2ccn(C3CCCCC3)n2)C1. The van der Waals surface area contributed by atoms with Crippen molar-refractivity contribution in [1.29, 1.82) is 0 Å². The highest BCUT2D eigenvalue weighted by atomic mass is 16.1. The van der Waals surface area contributed by atoms with Crippen LogP contribution < -0.4 is 0 Å². The molecule has 2 unspecified atom stereocenters. The average Bonchev–Trinajstić information content (AvgIpc) is 3.17. The van der Waals surface area contributed by atoms with E-state index in [0.29, 0.717) is 24.2 Å². The second-order valence-corrected chi connectivity index (χ2v) is 7.01. The average molecular weight is 288 g/mol. The summed E-state index contributed by atoms with van der Waals surface area (Å²) in [5.74, 6) is 1.49. The van der Waals surface area contributed by atoms with Crippen molar-refractivity contribution < 1.29 is 4.79 Å². The van der Waals surface area contributed by atoms with Crippen LogP contribution in [0.2, 0.25) is 0 Å². The van der Waals surface area contributed by atoms with Gasteiger partial charge in [-0.3, -0.25) is 9.48 Å². The molecule has 3 rings (SSSR count). The van der Waals surface area contributed by atoms with Crippen molar-refractivity contribution >= 4 is 5.78 Å².